The Hall–Kier alpha value is -4.34. The quantitative estimate of drug-likeness (QED) is 0.254. The number of amides is 1. The minimum absolute atomic E-state index is 0.0922. The van der Waals surface area contributed by atoms with Gasteiger partial charge < -0.3 is 29.9 Å². The van der Waals surface area contributed by atoms with Crippen molar-refractivity contribution < 1.29 is 14.3 Å². The lowest BCUT2D eigenvalue weighted by atomic mass is 10.1. The second-order valence-corrected chi connectivity index (χ2v) is 10.4. The van der Waals surface area contributed by atoms with Gasteiger partial charge in [0.2, 0.25) is 11.8 Å². The number of hydrogen-bond acceptors (Lipinski definition) is 8. The van der Waals surface area contributed by atoms with Gasteiger partial charge in [0.05, 0.1) is 12.8 Å². The van der Waals surface area contributed by atoms with Gasteiger partial charge in [0.15, 0.2) is 0 Å². The number of benzene rings is 3. The summed E-state index contributed by atoms with van der Waals surface area (Å²) in [6, 6.07) is 18.7. The van der Waals surface area contributed by atoms with Gasteiger partial charge in [0, 0.05) is 54.8 Å². The molecule has 41 heavy (non-hydrogen) atoms. The van der Waals surface area contributed by atoms with Crippen LogP contribution in [0.2, 0.25) is 5.02 Å². The van der Waals surface area contributed by atoms with Crippen LogP contribution in [-0.4, -0.2) is 61.1 Å². The number of aryl methyl sites for hydroxylation is 2. The van der Waals surface area contributed by atoms with E-state index in [0.717, 1.165) is 60.1 Å². The summed E-state index contributed by atoms with van der Waals surface area (Å²) in [5, 5.41) is 6.71. The van der Waals surface area contributed by atoms with Crippen LogP contribution in [0.3, 0.4) is 0 Å². The van der Waals surface area contributed by atoms with E-state index in [1.807, 2.05) is 50.2 Å². The van der Waals surface area contributed by atoms with Crippen LogP contribution < -0.4 is 25.0 Å². The number of ether oxygens (including phenoxy) is 2. The molecule has 4 aromatic rings. The Morgan fingerprint density at radius 1 is 0.976 bits per heavy atom. The molecular formula is C31H33ClN6O3. The van der Waals surface area contributed by atoms with Gasteiger partial charge in [-0.05, 0) is 62.4 Å². The van der Waals surface area contributed by atoms with Crippen molar-refractivity contribution in [3.8, 4) is 17.4 Å². The van der Waals surface area contributed by atoms with E-state index in [4.69, 9.17) is 21.1 Å². The molecule has 1 aliphatic heterocycles. The molecule has 0 radical (unpaired) electrons. The average Bonchev–Trinajstić information content (AvgIpc) is 2.95. The van der Waals surface area contributed by atoms with Crippen molar-refractivity contribution in [2.45, 2.75) is 13.8 Å². The van der Waals surface area contributed by atoms with E-state index in [-0.39, 0.29) is 23.3 Å². The fraction of sp³-hybridized carbons (Fsp3) is 0.258. The second-order valence-electron chi connectivity index (χ2n) is 9.99. The number of nitrogens with zero attached hydrogens (tertiary/aromatic N) is 4. The Morgan fingerprint density at radius 2 is 1.71 bits per heavy atom. The first-order valence-electron chi connectivity index (χ1n) is 13.4. The smallest absolute Gasteiger partial charge is 0.262 e. The number of hydrogen-bond donors (Lipinski definition) is 2. The van der Waals surface area contributed by atoms with Gasteiger partial charge in [-0.1, -0.05) is 35.9 Å². The number of methoxy groups -OCH3 is 1. The number of anilines is 4. The molecule has 212 valence electrons. The Kier molecular flexibility index (Phi) is 8.56. The largest absolute Gasteiger partial charge is 0.495 e. The summed E-state index contributed by atoms with van der Waals surface area (Å²) < 4.78 is 11.8. The molecule has 0 bridgehead atoms. The van der Waals surface area contributed by atoms with E-state index in [1.54, 1.807) is 31.4 Å². The summed E-state index contributed by atoms with van der Waals surface area (Å²) in [7, 11) is 3.79. The van der Waals surface area contributed by atoms with E-state index in [9.17, 15) is 4.79 Å². The molecule has 1 fully saturated rings. The van der Waals surface area contributed by atoms with Crippen LogP contribution in [0.25, 0.3) is 0 Å². The lowest BCUT2D eigenvalue weighted by Gasteiger charge is -2.34. The molecule has 0 aliphatic carbocycles. The third kappa shape index (κ3) is 6.70. The summed E-state index contributed by atoms with van der Waals surface area (Å²) in [5.41, 5.74) is 4.59. The fourth-order valence-electron chi connectivity index (χ4n) is 4.69. The number of carbonyl (C=O) groups is 1. The van der Waals surface area contributed by atoms with Crippen LogP contribution in [0, 0.1) is 13.8 Å². The maximum Gasteiger partial charge on any atom is 0.262 e. The van der Waals surface area contributed by atoms with Crippen molar-refractivity contribution >= 4 is 40.5 Å². The highest BCUT2D eigenvalue weighted by molar-refractivity contribution is 6.30. The SMILES string of the molecule is COc1cc(Nc2ncc(C(=O)Nc3c(C)cccc3C)c(Oc3cccc(Cl)c3)n2)ccc1N1CCN(C)CC1. The molecule has 1 aromatic heterocycles. The van der Waals surface area contributed by atoms with Crippen LogP contribution >= 0.6 is 11.6 Å². The van der Waals surface area contributed by atoms with E-state index < -0.39 is 0 Å². The van der Waals surface area contributed by atoms with Gasteiger partial charge in [-0.25, -0.2) is 4.98 Å². The molecule has 2 heterocycles. The van der Waals surface area contributed by atoms with Crippen LogP contribution in [0.4, 0.5) is 23.0 Å². The van der Waals surface area contributed by atoms with Gasteiger partial charge in [-0.2, -0.15) is 4.98 Å². The number of para-hydroxylation sites is 1. The molecule has 1 aliphatic rings. The van der Waals surface area contributed by atoms with Crippen molar-refractivity contribution in [3.63, 3.8) is 0 Å². The lowest BCUT2D eigenvalue weighted by molar-refractivity contribution is 0.102. The van der Waals surface area contributed by atoms with Gasteiger partial charge in [-0.15, -0.1) is 0 Å². The van der Waals surface area contributed by atoms with Crippen molar-refractivity contribution in [2.24, 2.45) is 0 Å². The molecule has 0 unspecified atom stereocenters. The standard InChI is InChI=1S/C31H33ClN6O3/c1-20-7-5-8-21(2)28(20)35-29(39)25-19-33-31(36-30(25)41-24-10-6-9-22(32)17-24)34-23-11-12-26(27(18-23)40-4)38-15-13-37(3)14-16-38/h5-12,17-19H,13-16H2,1-4H3,(H,35,39)(H,33,34,36). The first kappa shape index (κ1) is 28.2. The molecule has 10 heteroatoms. The van der Waals surface area contributed by atoms with Crippen molar-refractivity contribution in [2.75, 3.05) is 55.9 Å². The summed E-state index contributed by atoms with van der Waals surface area (Å²) >= 11 is 6.18. The predicted octanol–water partition coefficient (Wildman–Crippen LogP) is 6.30. The first-order valence-corrected chi connectivity index (χ1v) is 13.7. The predicted molar refractivity (Wildman–Crippen MR) is 163 cm³/mol. The maximum absolute atomic E-state index is 13.4. The Balaban J connectivity index is 1.43. The minimum atomic E-state index is -0.385. The Labute approximate surface area is 245 Å². The second kappa shape index (κ2) is 12.4. The average molecular weight is 573 g/mol. The number of rotatable bonds is 8. The number of aromatic nitrogens is 2. The number of piperazine rings is 1. The molecule has 2 N–H and O–H groups in total. The zero-order valence-electron chi connectivity index (χ0n) is 23.6. The van der Waals surface area contributed by atoms with Crippen LogP contribution in [-0.2, 0) is 0 Å². The topological polar surface area (TPSA) is 91.8 Å². The van der Waals surface area contributed by atoms with Crippen molar-refractivity contribution in [1.29, 1.82) is 0 Å². The summed E-state index contributed by atoms with van der Waals surface area (Å²) in [6.07, 6.45) is 1.45. The monoisotopic (exact) mass is 572 g/mol. The third-order valence-corrected chi connectivity index (χ3v) is 7.24. The van der Waals surface area contributed by atoms with Gasteiger partial charge >= 0.3 is 0 Å². The number of carbonyl (C=O) groups excluding carboxylic acids is 1. The molecule has 9 nitrogen and oxygen atoms in total. The summed E-state index contributed by atoms with van der Waals surface area (Å²) in [4.78, 5) is 27.0. The van der Waals surface area contributed by atoms with E-state index in [2.05, 4.69) is 37.4 Å². The number of nitrogens with one attached hydrogen (secondary N) is 2. The van der Waals surface area contributed by atoms with Gasteiger partial charge in [0.25, 0.3) is 5.91 Å². The van der Waals surface area contributed by atoms with Crippen LogP contribution in [0.15, 0.2) is 66.9 Å². The molecule has 0 saturated carbocycles. The van der Waals surface area contributed by atoms with E-state index in [0.29, 0.717) is 10.8 Å². The van der Waals surface area contributed by atoms with E-state index >= 15 is 0 Å². The number of likely N-dealkylation sites (N-methyl/N-ethyl adjacent to an activating group) is 1. The molecule has 3 aromatic carbocycles. The normalized spacial score (nSPS) is 13.5. The van der Waals surface area contributed by atoms with Crippen molar-refractivity contribution in [3.05, 3.63) is 88.6 Å². The Morgan fingerprint density at radius 3 is 2.41 bits per heavy atom. The first-order chi connectivity index (χ1) is 19.8. The Bertz CT molecular complexity index is 1530. The van der Waals surface area contributed by atoms with Crippen LogP contribution in [0.5, 0.6) is 17.4 Å². The highest BCUT2D eigenvalue weighted by atomic mass is 35.5. The minimum Gasteiger partial charge on any atom is -0.495 e. The lowest BCUT2D eigenvalue weighted by Crippen LogP contribution is -2.44. The van der Waals surface area contributed by atoms with E-state index in [1.165, 1.54) is 6.20 Å². The molecule has 0 atom stereocenters. The number of halogens is 1. The molecule has 1 saturated heterocycles. The maximum atomic E-state index is 13.4. The highest BCUT2D eigenvalue weighted by Gasteiger charge is 2.21. The summed E-state index contributed by atoms with van der Waals surface area (Å²) in [6.45, 7) is 7.74. The zero-order valence-corrected chi connectivity index (χ0v) is 24.3. The zero-order chi connectivity index (χ0) is 28.9. The van der Waals surface area contributed by atoms with Gasteiger partial charge in [-0.3, -0.25) is 4.79 Å². The molecule has 0 spiro atoms. The highest BCUT2D eigenvalue weighted by Crippen LogP contribution is 2.34. The third-order valence-electron chi connectivity index (χ3n) is 7.01. The molecule has 1 amide bonds. The van der Waals surface area contributed by atoms with Gasteiger partial charge in [0.1, 0.15) is 17.1 Å². The molecule has 5 rings (SSSR count). The molecular weight excluding hydrogens is 540 g/mol. The fourth-order valence-corrected chi connectivity index (χ4v) is 4.87. The summed E-state index contributed by atoms with van der Waals surface area (Å²) in [5.74, 6) is 1.17. The van der Waals surface area contributed by atoms with Crippen LogP contribution in [0.1, 0.15) is 21.5 Å². The van der Waals surface area contributed by atoms with Crippen molar-refractivity contribution in [1.82, 2.24) is 14.9 Å².